The van der Waals surface area contributed by atoms with Gasteiger partial charge >= 0.3 is 0 Å². The number of rotatable bonds is 6. The fourth-order valence-corrected chi connectivity index (χ4v) is 4.51. The topological polar surface area (TPSA) is 78.9 Å². The summed E-state index contributed by atoms with van der Waals surface area (Å²) in [6, 6.07) is 10.1. The van der Waals surface area contributed by atoms with Gasteiger partial charge in [0.25, 0.3) is 0 Å². The molecule has 0 fully saturated rings. The molecule has 140 valence electrons. The Balaban J connectivity index is 1.75. The van der Waals surface area contributed by atoms with E-state index in [4.69, 9.17) is 16.3 Å². The second kappa shape index (κ2) is 7.44. The van der Waals surface area contributed by atoms with Crippen molar-refractivity contribution in [2.24, 2.45) is 0 Å². The van der Waals surface area contributed by atoms with Gasteiger partial charge in [0.05, 0.1) is 13.2 Å². The molecule has 0 aliphatic carbocycles. The standard InChI is InChI=1S/C18H21ClN2O4S/c1-21-8-7-12-9-13(3-5-15(12)21)16(22)11-20-26(23,24)18-10-14(19)4-6-17(18)25-2/h3-6,9-10,16,20,22H,7-8,11H2,1-2H3/t16-/m0/s1. The summed E-state index contributed by atoms with van der Waals surface area (Å²) in [6.07, 6.45) is -0.0381. The number of hydrogen-bond acceptors (Lipinski definition) is 5. The Morgan fingerprint density at radius 1 is 1.31 bits per heavy atom. The summed E-state index contributed by atoms with van der Waals surface area (Å²) in [7, 11) is -0.467. The second-order valence-corrected chi connectivity index (χ2v) is 8.39. The van der Waals surface area contributed by atoms with Gasteiger partial charge < -0.3 is 14.7 Å². The van der Waals surface area contributed by atoms with Crippen LogP contribution in [0.15, 0.2) is 41.3 Å². The summed E-state index contributed by atoms with van der Waals surface area (Å²) in [5, 5.41) is 10.7. The summed E-state index contributed by atoms with van der Waals surface area (Å²) in [6.45, 7) is 0.794. The van der Waals surface area contributed by atoms with Gasteiger partial charge in [-0.2, -0.15) is 0 Å². The van der Waals surface area contributed by atoms with E-state index in [1.807, 2.05) is 25.2 Å². The lowest BCUT2D eigenvalue weighted by molar-refractivity contribution is 0.182. The van der Waals surface area contributed by atoms with E-state index in [1.54, 1.807) is 6.07 Å². The van der Waals surface area contributed by atoms with E-state index in [0.29, 0.717) is 5.56 Å². The van der Waals surface area contributed by atoms with Crippen molar-refractivity contribution in [1.29, 1.82) is 0 Å². The molecular weight excluding hydrogens is 376 g/mol. The molecule has 3 rings (SSSR count). The molecule has 0 spiro atoms. The zero-order valence-electron chi connectivity index (χ0n) is 14.6. The number of nitrogens with zero attached hydrogens (tertiary/aromatic N) is 1. The Kier molecular flexibility index (Phi) is 5.43. The van der Waals surface area contributed by atoms with Crippen molar-refractivity contribution >= 4 is 27.3 Å². The third-order valence-electron chi connectivity index (χ3n) is 4.50. The molecule has 0 unspecified atom stereocenters. The predicted octanol–water partition coefficient (Wildman–Crippen LogP) is 2.35. The van der Waals surface area contributed by atoms with Gasteiger partial charge in [-0.3, -0.25) is 0 Å². The van der Waals surface area contributed by atoms with Gasteiger partial charge in [0.1, 0.15) is 10.6 Å². The van der Waals surface area contributed by atoms with Crippen LogP contribution < -0.4 is 14.4 Å². The molecule has 0 saturated heterocycles. The van der Waals surface area contributed by atoms with E-state index in [1.165, 1.54) is 19.2 Å². The molecule has 26 heavy (non-hydrogen) atoms. The third-order valence-corrected chi connectivity index (χ3v) is 6.18. The Labute approximate surface area is 158 Å². The summed E-state index contributed by atoms with van der Waals surface area (Å²) in [5.41, 5.74) is 2.98. The summed E-state index contributed by atoms with van der Waals surface area (Å²) in [4.78, 5) is 2.09. The normalized spacial score (nSPS) is 15.0. The van der Waals surface area contributed by atoms with Gasteiger partial charge in [-0.05, 0) is 41.8 Å². The quantitative estimate of drug-likeness (QED) is 0.783. The Hall–Kier alpha value is -1.80. The second-order valence-electron chi connectivity index (χ2n) is 6.22. The molecule has 1 heterocycles. The minimum atomic E-state index is -3.88. The zero-order valence-corrected chi connectivity index (χ0v) is 16.1. The maximum absolute atomic E-state index is 12.6. The highest BCUT2D eigenvalue weighted by Crippen LogP contribution is 2.30. The van der Waals surface area contributed by atoms with Crippen molar-refractivity contribution in [3.63, 3.8) is 0 Å². The molecule has 6 nitrogen and oxygen atoms in total. The minimum absolute atomic E-state index is 0.0599. The van der Waals surface area contributed by atoms with Crippen molar-refractivity contribution in [1.82, 2.24) is 4.72 Å². The average Bonchev–Trinajstić information content (AvgIpc) is 3.00. The largest absolute Gasteiger partial charge is 0.495 e. The van der Waals surface area contributed by atoms with Gasteiger partial charge in [-0.1, -0.05) is 23.7 Å². The number of likely N-dealkylation sites (N-methyl/N-ethyl adjacent to an activating group) is 1. The molecule has 0 aromatic heterocycles. The molecule has 1 aliphatic heterocycles. The van der Waals surface area contributed by atoms with E-state index in [-0.39, 0.29) is 22.2 Å². The Morgan fingerprint density at radius 2 is 2.08 bits per heavy atom. The third kappa shape index (κ3) is 3.81. The average molecular weight is 397 g/mol. The fourth-order valence-electron chi connectivity index (χ4n) is 3.04. The van der Waals surface area contributed by atoms with E-state index in [9.17, 15) is 13.5 Å². The van der Waals surface area contributed by atoms with Crippen molar-refractivity contribution in [2.45, 2.75) is 17.4 Å². The van der Waals surface area contributed by atoms with Crippen LogP contribution in [0.3, 0.4) is 0 Å². The SMILES string of the molecule is COc1ccc(Cl)cc1S(=O)(=O)NC[C@H](O)c1ccc2c(c1)CCN2C. The lowest BCUT2D eigenvalue weighted by Gasteiger charge is -2.16. The monoisotopic (exact) mass is 396 g/mol. The van der Waals surface area contributed by atoms with E-state index in [0.717, 1.165) is 24.2 Å². The van der Waals surface area contributed by atoms with Crippen molar-refractivity contribution in [3.8, 4) is 5.75 Å². The number of nitrogens with one attached hydrogen (secondary N) is 1. The van der Waals surface area contributed by atoms with Crippen molar-refractivity contribution in [2.75, 3.05) is 32.1 Å². The summed E-state index contributed by atoms with van der Waals surface area (Å²) < 4.78 is 32.6. The molecule has 2 aromatic rings. The van der Waals surface area contributed by atoms with Crippen LogP contribution in [0, 0.1) is 0 Å². The molecule has 1 atom stereocenters. The maximum Gasteiger partial charge on any atom is 0.244 e. The molecule has 0 amide bonds. The first-order valence-corrected chi connectivity index (χ1v) is 10.0. The molecular formula is C18H21ClN2O4S. The number of aliphatic hydroxyl groups excluding tert-OH is 1. The van der Waals surface area contributed by atoms with Gasteiger partial charge in [-0.25, -0.2) is 13.1 Å². The van der Waals surface area contributed by atoms with Gasteiger partial charge in [0.15, 0.2) is 0 Å². The first-order valence-electron chi connectivity index (χ1n) is 8.17. The van der Waals surface area contributed by atoms with Crippen LogP contribution in [0.25, 0.3) is 0 Å². The number of aliphatic hydroxyl groups is 1. The highest BCUT2D eigenvalue weighted by atomic mass is 35.5. The number of fused-ring (bicyclic) bond motifs is 1. The smallest absolute Gasteiger partial charge is 0.244 e. The lowest BCUT2D eigenvalue weighted by atomic mass is 10.0. The highest BCUT2D eigenvalue weighted by molar-refractivity contribution is 7.89. The van der Waals surface area contributed by atoms with E-state index >= 15 is 0 Å². The number of anilines is 1. The minimum Gasteiger partial charge on any atom is -0.495 e. The van der Waals surface area contributed by atoms with Crippen molar-refractivity contribution < 1.29 is 18.3 Å². The number of methoxy groups -OCH3 is 1. The Morgan fingerprint density at radius 3 is 2.81 bits per heavy atom. The molecule has 1 aliphatic rings. The van der Waals surface area contributed by atoms with Crippen LogP contribution >= 0.6 is 11.6 Å². The lowest BCUT2D eigenvalue weighted by Crippen LogP contribution is -2.29. The van der Waals surface area contributed by atoms with Gasteiger partial charge in [-0.15, -0.1) is 0 Å². The highest BCUT2D eigenvalue weighted by Gasteiger charge is 2.22. The van der Waals surface area contributed by atoms with Crippen LogP contribution in [-0.4, -0.2) is 40.8 Å². The molecule has 0 saturated carbocycles. The van der Waals surface area contributed by atoms with Crippen LogP contribution in [0.5, 0.6) is 5.75 Å². The van der Waals surface area contributed by atoms with Crippen LogP contribution in [-0.2, 0) is 16.4 Å². The van der Waals surface area contributed by atoms with Crippen molar-refractivity contribution in [3.05, 3.63) is 52.5 Å². The van der Waals surface area contributed by atoms with Gasteiger partial charge in [0, 0.05) is 30.8 Å². The molecule has 2 N–H and O–H groups in total. The number of sulfonamides is 1. The summed E-state index contributed by atoms with van der Waals surface area (Å²) in [5.74, 6) is 0.192. The number of hydrogen-bond donors (Lipinski definition) is 2. The van der Waals surface area contributed by atoms with E-state index < -0.39 is 16.1 Å². The van der Waals surface area contributed by atoms with Crippen LogP contribution in [0.4, 0.5) is 5.69 Å². The van der Waals surface area contributed by atoms with Crippen LogP contribution in [0.2, 0.25) is 5.02 Å². The zero-order chi connectivity index (χ0) is 18.9. The Bertz CT molecular complexity index is 917. The maximum atomic E-state index is 12.6. The first-order chi connectivity index (χ1) is 12.3. The predicted molar refractivity (Wildman–Crippen MR) is 102 cm³/mol. The fraction of sp³-hybridized carbons (Fsp3) is 0.333. The van der Waals surface area contributed by atoms with E-state index in [2.05, 4.69) is 9.62 Å². The molecule has 0 bridgehead atoms. The number of ether oxygens (including phenoxy) is 1. The first kappa shape index (κ1) is 19.0. The summed E-state index contributed by atoms with van der Waals surface area (Å²) >= 11 is 5.90. The number of benzene rings is 2. The molecule has 8 heteroatoms. The molecule has 0 radical (unpaired) electrons. The van der Waals surface area contributed by atoms with Crippen LogP contribution in [0.1, 0.15) is 17.2 Å². The number of halogens is 1. The molecule has 2 aromatic carbocycles. The van der Waals surface area contributed by atoms with Gasteiger partial charge in [0.2, 0.25) is 10.0 Å².